The highest BCUT2D eigenvalue weighted by Gasteiger charge is 2.11. The van der Waals surface area contributed by atoms with Crippen molar-refractivity contribution >= 4 is 10.9 Å². The second-order valence-electron chi connectivity index (χ2n) is 6.55. The molecule has 0 radical (unpaired) electrons. The van der Waals surface area contributed by atoms with Gasteiger partial charge in [0.1, 0.15) is 0 Å². The SMILES string of the molecule is O=c1nc(-c2ccc3[nH]nc(-c4ccccc4)c3c2)cc(-c2ccccc2)[nH]1. The number of benzene rings is 3. The molecule has 28 heavy (non-hydrogen) atoms. The minimum atomic E-state index is -0.369. The first-order valence-corrected chi connectivity index (χ1v) is 8.99. The Morgan fingerprint density at radius 2 is 1.43 bits per heavy atom. The summed E-state index contributed by atoms with van der Waals surface area (Å²) in [7, 11) is 0. The molecule has 0 spiro atoms. The summed E-state index contributed by atoms with van der Waals surface area (Å²) >= 11 is 0. The van der Waals surface area contributed by atoms with E-state index in [2.05, 4.69) is 20.2 Å². The number of rotatable bonds is 3. The van der Waals surface area contributed by atoms with Gasteiger partial charge in [-0.2, -0.15) is 10.1 Å². The highest BCUT2D eigenvalue weighted by molar-refractivity contribution is 5.95. The Hall–Kier alpha value is -3.99. The molecule has 5 heteroatoms. The molecule has 5 nitrogen and oxygen atoms in total. The zero-order valence-corrected chi connectivity index (χ0v) is 14.9. The predicted molar refractivity (Wildman–Crippen MR) is 111 cm³/mol. The molecule has 5 aromatic rings. The fourth-order valence-corrected chi connectivity index (χ4v) is 3.37. The lowest BCUT2D eigenvalue weighted by molar-refractivity contribution is 1.09. The van der Waals surface area contributed by atoms with Gasteiger partial charge in [0.2, 0.25) is 0 Å². The van der Waals surface area contributed by atoms with Crippen molar-refractivity contribution in [2.24, 2.45) is 0 Å². The molecule has 0 amide bonds. The first-order chi connectivity index (χ1) is 13.8. The molecule has 0 atom stereocenters. The molecule has 0 aliphatic carbocycles. The summed E-state index contributed by atoms with van der Waals surface area (Å²) < 4.78 is 0. The van der Waals surface area contributed by atoms with Gasteiger partial charge in [0.05, 0.1) is 22.6 Å². The summed E-state index contributed by atoms with van der Waals surface area (Å²) in [5.74, 6) is 0. The lowest BCUT2D eigenvalue weighted by atomic mass is 10.0. The van der Waals surface area contributed by atoms with E-state index in [0.717, 1.165) is 39.0 Å². The third-order valence-electron chi connectivity index (χ3n) is 4.74. The smallest absolute Gasteiger partial charge is 0.305 e. The maximum absolute atomic E-state index is 12.2. The van der Waals surface area contributed by atoms with Gasteiger partial charge in [0.25, 0.3) is 0 Å². The van der Waals surface area contributed by atoms with E-state index in [0.29, 0.717) is 5.69 Å². The highest BCUT2D eigenvalue weighted by atomic mass is 16.1. The number of nitrogens with one attached hydrogen (secondary N) is 2. The van der Waals surface area contributed by atoms with Crippen molar-refractivity contribution in [1.29, 1.82) is 0 Å². The zero-order chi connectivity index (χ0) is 18.9. The molecule has 2 aromatic heterocycles. The Morgan fingerprint density at radius 1 is 0.714 bits per heavy atom. The third kappa shape index (κ3) is 2.89. The van der Waals surface area contributed by atoms with Crippen LogP contribution in [0.1, 0.15) is 0 Å². The molecule has 2 heterocycles. The van der Waals surface area contributed by atoms with Crippen LogP contribution in [0.2, 0.25) is 0 Å². The summed E-state index contributed by atoms with van der Waals surface area (Å²) in [5.41, 5.74) is 5.67. The van der Waals surface area contributed by atoms with E-state index in [4.69, 9.17) is 0 Å². The van der Waals surface area contributed by atoms with Crippen LogP contribution in [0.5, 0.6) is 0 Å². The molecular formula is C23H16N4O. The number of aromatic amines is 2. The highest BCUT2D eigenvalue weighted by Crippen LogP contribution is 2.30. The van der Waals surface area contributed by atoms with Crippen LogP contribution in [0.4, 0.5) is 0 Å². The summed E-state index contributed by atoms with van der Waals surface area (Å²) in [6.07, 6.45) is 0. The van der Waals surface area contributed by atoms with Crippen LogP contribution in [0.3, 0.4) is 0 Å². The van der Waals surface area contributed by atoms with Crippen LogP contribution in [0, 0.1) is 0 Å². The second-order valence-corrected chi connectivity index (χ2v) is 6.55. The van der Waals surface area contributed by atoms with Crippen LogP contribution >= 0.6 is 0 Å². The van der Waals surface area contributed by atoms with Crippen LogP contribution < -0.4 is 5.69 Å². The molecule has 0 aliphatic rings. The Morgan fingerprint density at radius 3 is 2.18 bits per heavy atom. The third-order valence-corrected chi connectivity index (χ3v) is 4.74. The lowest BCUT2D eigenvalue weighted by Gasteiger charge is -2.06. The Kier molecular flexibility index (Phi) is 3.84. The Bertz CT molecular complexity index is 1320. The quantitative estimate of drug-likeness (QED) is 0.489. The summed E-state index contributed by atoms with van der Waals surface area (Å²) in [6.45, 7) is 0. The molecule has 134 valence electrons. The van der Waals surface area contributed by atoms with Gasteiger partial charge in [-0.3, -0.25) is 5.10 Å². The standard InChI is InChI=1S/C23H16N4O/c28-23-24-20(15-7-3-1-4-8-15)14-21(25-23)17-11-12-19-18(13-17)22(27-26-19)16-9-5-2-6-10-16/h1-14H,(H,26,27)(H,24,25,28). The molecule has 3 aromatic carbocycles. The van der Waals surface area contributed by atoms with Gasteiger partial charge >= 0.3 is 5.69 Å². The minimum Gasteiger partial charge on any atom is -0.305 e. The average Bonchev–Trinajstić information content (AvgIpc) is 3.18. The van der Waals surface area contributed by atoms with Gasteiger partial charge in [-0.1, -0.05) is 66.7 Å². The predicted octanol–water partition coefficient (Wildman–Crippen LogP) is 4.65. The van der Waals surface area contributed by atoms with E-state index in [-0.39, 0.29) is 5.69 Å². The van der Waals surface area contributed by atoms with E-state index in [1.165, 1.54) is 0 Å². The van der Waals surface area contributed by atoms with Gasteiger partial charge in [0.15, 0.2) is 0 Å². The van der Waals surface area contributed by atoms with Crippen molar-refractivity contribution in [3.63, 3.8) is 0 Å². The number of nitrogens with zero attached hydrogens (tertiary/aromatic N) is 2. The van der Waals surface area contributed by atoms with Gasteiger partial charge in [0, 0.05) is 16.5 Å². The van der Waals surface area contributed by atoms with E-state index >= 15 is 0 Å². The van der Waals surface area contributed by atoms with Gasteiger partial charge in [-0.15, -0.1) is 0 Å². The number of hydrogen-bond donors (Lipinski definition) is 2. The van der Waals surface area contributed by atoms with Crippen LogP contribution in [0.15, 0.2) is 89.7 Å². The van der Waals surface area contributed by atoms with Crippen molar-refractivity contribution in [2.45, 2.75) is 0 Å². The Balaban J connectivity index is 1.66. The van der Waals surface area contributed by atoms with E-state index in [9.17, 15) is 4.79 Å². The number of hydrogen-bond acceptors (Lipinski definition) is 3. The van der Waals surface area contributed by atoms with E-state index < -0.39 is 0 Å². The van der Waals surface area contributed by atoms with Crippen molar-refractivity contribution in [3.05, 3.63) is 95.4 Å². The minimum absolute atomic E-state index is 0.369. The van der Waals surface area contributed by atoms with E-state index in [1.807, 2.05) is 84.9 Å². The average molecular weight is 364 g/mol. The van der Waals surface area contributed by atoms with Crippen LogP contribution in [-0.2, 0) is 0 Å². The first-order valence-electron chi connectivity index (χ1n) is 8.99. The molecule has 0 unspecified atom stereocenters. The van der Waals surface area contributed by atoms with Crippen LogP contribution in [0.25, 0.3) is 44.7 Å². The normalized spacial score (nSPS) is 11.0. The molecule has 0 fully saturated rings. The number of aromatic nitrogens is 4. The number of H-pyrrole nitrogens is 2. The zero-order valence-electron chi connectivity index (χ0n) is 14.9. The number of fused-ring (bicyclic) bond motifs is 1. The monoisotopic (exact) mass is 364 g/mol. The van der Waals surface area contributed by atoms with Crippen molar-refractivity contribution in [2.75, 3.05) is 0 Å². The fourth-order valence-electron chi connectivity index (χ4n) is 3.37. The molecule has 5 rings (SSSR count). The van der Waals surface area contributed by atoms with Crippen molar-refractivity contribution < 1.29 is 0 Å². The van der Waals surface area contributed by atoms with Gasteiger partial charge < -0.3 is 4.98 Å². The molecule has 0 bridgehead atoms. The summed E-state index contributed by atoms with van der Waals surface area (Å²) in [6, 6.07) is 27.6. The van der Waals surface area contributed by atoms with Crippen molar-refractivity contribution in [3.8, 4) is 33.8 Å². The van der Waals surface area contributed by atoms with E-state index in [1.54, 1.807) is 0 Å². The molecular weight excluding hydrogens is 348 g/mol. The molecule has 0 aliphatic heterocycles. The lowest BCUT2D eigenvalue weighted by Crippen LogP contribution is -2.11. The topological polar surface area (TPSA) is 74.4 Å². The Labute approximate surface area is 160 Å². The van der Waals surface area contributed by atoms with Crippen LogP contribution in [-0.4, -0.2) is 20.2 Å². The van der Waals surface area contributed by atoms with Crippen molar-refractivity contribution in [1.82, 2.24) is 20.2 Å². The second kappa shape index (κ2) is 6.63. The summed E-state index contributed by atoms with van der Waals surface area (Å²) in [5, 5.41) is 8.54. The maximum atomic E-state index is 12.2. The molecule has 0 saturated heterocycles. The van der Waals surface area contributed by atoms with Gasteiger partial charge in [-0.05, 0) is 23.8 Å². The summed E-state index contributed by atoms with van der Waals surface area (Å²) in [4.78, 5) is 19.2. The van der Waals surface area contributed by atoms with Gasteiger partial charge in [-0.25, -0.2) is 4.79 Å². The molecule has 0 saturated carbocycles. The maximum Gasteiger partial charge on any atom is 0.345 e. The first kappa shape index (κ1) is 16.2. The molecule has 2 N–H and O–H groups in total. The fraction of sp³-hybridized carbons (Fsp3) is 0. The largest absolute Gasteiger partial charge is 0.345 e.